The molecule has 0 unspecified atom stereocenters. The van der Waals surface area contributed by atoms with Gasteiger partial charge >= 0.3 is 0 Å². The molecule has 0 saturated carbocycles. The molecule has 1 amide bonds. The number of para-hydroxylation sites is 1. The molecule has 88 valence electrons. The molecular weight excluding hydrogens is 218 g/mol. The van der Waals surface area contributed by atoms with E-state index in [1.165, 1.54) is 0 Å². The van der Waals surface area contributed by atoms with Crippen LogP contribution in [0.1, 0.15) is 10.5 Å². The fraction of sp³-hybridized carbons (Fsp3) is 0.167. The zero-order valence-corrected chi connectivity index (χ0v) is 9.68. The second-order valence-electron chi connectivity index (χ2n) is 3.40. The van der Waals surface area contributed by atoms with Gasteiger partial charge in [0.25, 0.3) is 5.91 Å². The average molecular weight is 231 g/mol. The number of aromatic nitrogens is 2. The lowest BCUT2D eigenvalue weighted by atomic mass is 10.3. The zero-order valence-electron chi connectivity index (χ0n) is 9.68. The Kier molecular flexibility index (Phi) is 3.09. The summed E-state index contributed by atoms with van der Waals surface area (Å²) >= 11 is 0. The van der Waals surface area contributed by atoms with Crippen LogP contribution in [0.15, 0.2) is 36.4 Å². The average Bonchev–Trinajstić information content (AvgIpc) is 2.83. The van der Waals surface area contributed by atoms with Gasteiger partial charge in [-0.15, -0.1) is 0 Å². The van der Waals surface area contributed by atoms with E-state index in [1.54, 1.807) is 24.9 Å². The van der Waals surface area contributed by atoms with Crippen LogP contribution < -0.4 is 10.1 Å². The summed E-state index contributed by atoms with van der Waals surface area (Å²) in [5, 5.41) is 6.73. The van der Waals surface area contributed by atoms with Gasteiger partial charge in [0, 0.05) is 13.1 Å². The van der Waals surface area contributed by atoms with Gasteiger partial charge in [-0.25, -0.2) is 4.68 Å². The number of carbonyl (C=O) groups is 1. The maximum absolute atomic E-state index is 11.5. The third-order valence-corrected chi connectivity index (χ3v) is 2.35. The molecule has 1 aromatic heterocycles. The van der Waals surface area contributed by atoms with Crippen LogP contribution in [-0.4, -0.2) is 29.8 Å². The SMILES string of the molecule is CNC(=O)c1cc(OC)n(-c2ccccc2)n1. The molecule has 2 aromatic rings. The molecule has 2 rings (SSSR count). The molecule has 0 aliphatic rings. The van der Waals surface area contributed by atoms with E-state index >= 15 is 0 Å². The summed E-state index contributed by atoms with van der Waals surface area (Å²) in [5.74, 6) is 0.285. The lowest BCUT2D eigenvalue weighted by molar-refractivity contribution is 0.0957. The summed E-state index contributed by atoms with van der Waals surface area (Å²) in [5.41, 5.74) is 1.17. The van der Waals surface area contributed by atoms with Crippen molar-refractivity contribution < 1.29 is 9.53 Å². The number of benzene rings is 1. The predicted octanol–water partition coefficient (Wildman–Crippen LogP) is 1.24. The molecule has 0 spiro atoms. The Morgan fingerprint density at radius 3 is 2.65 bits per heavy atom. The molecule has 0 atom stereocenters. The molecule has 0 aliphatic heterocycles. The number of nitrogens with zero attached hydrogens (tertiary/aromatic N) is 2. The van der Waals surface area contributed by atoms with E-state index in [9.17, 15) is 4.79 Å². The van der Waals surface area contributed by atoms with Crippen LogP contribution >= 0.6 is 0 Å². The molecule has 1 N–H and O–H groups in total. The van der Waals surface area contributed by atoms with Crippen LogP contribution in [0.25, 0.3) is 5.69 Å². The number of rotatable bonds is 3. The highest BCUT2D eigenvalue weighted by molar-refractivity contribution is 5.92. The van der Waals surface area contributed by atoms with Gasteiger partial charge in [0.1, 0.15) is 0 Å². The maximum Gasteiger partial charge on any atom is 0.271 e. The molecule has 1 heterocycles. The summed E-state index contributed by atoms with van der Waals surface area (Å²) in [4.78, 5) is 11.5. The second kappa shape index (κ2) is 4.69. The van der Waals surface area contributed by atoms with Crippen LogP contribution in [0, 0.1) is 0 Å². The zero-order chi connectivity index (χ0) is 12.3. The lowest BCUT2D eigenvalue weighted by Gasteiger charge is -2.04. The Balaban J connectivity index is 2.47. The van der Waals surface area contributed by atoms with E-state index in [4.69, 9.17) is 4.74 Å². The fourth-order valence-electron chi connectivity index (χ4n) is 1.50. The minimum Gasteiger partial charge on any atom is -0.481 e. The van der Waals surface area contributed by atoms with Crippen LogP contribution in [0.5, 0.6) is 5.88 Å². The molecule has 5 heteroatoms. The van der Waals surface area contributed by atoms with Crippen molar-refractivity contribution in [2.45, 2.75) is 0 Å². The Morgan fingerprint density at radius 2 is 2.06 bits per heavy atom. The predicted molar refractivity (Wildman–Crippen MR) is 63.5 cm³/mol. The van der Waals surface area contributed by atoms with Crippen molar-refractivity contribution in [3.05, 3.63) is 42.1 Å². The Morgan fingerprint density at radius 1 is 1.35 bits per heavy atom. The van der Waals surface area contributed by atoms with E-state index < -0.39 is 0 Å². The second-order valence-corrected chi connectivity index (χ2v) is 3.40. The summed E-state index contributed by atoms with van der Waals surface area (Å²) < 4.78 is 6.78. The first-order chi connectivity index (χ1) is 8.26. The number of carbonyl (C=O) groups excluding carboxylic acids is 1. The fourth-order valence-corrected chi connectivity index (χ4v) is 1.50. The van der Waals surface area contributed by atoms with Crippen molar-refractivity contribution in [3.63, 3.8) is 0 Å². The highest BCUT2D eigenvalue weighted by Crippen LogP contribution is 2.18. The summed E-state index contributed by atoms with van der Waals surface area (Å²) in [6.45, 7) is 0. The van der Waals surface area contributed by atoms with E-state index in [2.05, 4.69) is 10.4 Å². The minimum absolute atomic E-state index is 0.238. The smallest absolute Gasteiger partial charge is 0.271 e. The quantitative estimate of drug-likeness (QED) is 0.864. The Hall–Kier alpha value is -2.30. The highest BCUT2D eigenvalue weighted by atomic mass is 16.5. The molecule has 5 nitrogen and oxygen atoms in total. The van der Waals surface area contributed by atoms with Crippen molar-refractivity contribution in [1.82, 2.24) is 15.1 Å². The molecule has 0 saturated heterocycles. The normalized spacial score (nSPS) is 10.0. The summed E-state index contributed by atoms with van der Waals surface area (Å²) in [7, 11) is 3.11. The van der Waals surface area contributed by atoms with Crippen molar-refractivity contribution in [1.29, 1.82) is 0 Å². The van der Waals surface area contributed by atoms with Crippen molar-refractivity contribution in [2.75, 3.05) is 14.2 Å². The number of hydrogen-bond acceptors (Lipinski definition) is 3. The van der Waals surface area contributed by atoms with Gasteiger partial charge in [-0.05, 0) is 12.1 Å². The summed E-state index contributed by atoms with van der Waals surface area (Å²) in [6, 6.07) is 11.1. The first kappa shape index (κ1) is 11.2. The van der Waals surface area contributed by atoms with Crippen LogP contribution in [0.2, 0.25) is 0 Å². The standard InChI is InChI=1S/C12H13N3O2/c1-13-12(16)10-8-11(17-2)15(14-10)9-6-4-3-5-7-9/h3-8H,1-2H3,(H,13,16). The number of nitrogens with one attached hydrogen (secondary N) is 1. The molecule has 0 radical (unpaired) electrons. The van der Waals surface area contributed by atoms with Gasteiger partial charge in [-0.3, -0.25) is 4.79 Å². The highest BCUT2D eigenvalue weighted by Gasteiger charge is 2.14. The van der Waals surface area contributed by atoms with Crippen LogP contribution in [0.4, 0.5) is 0 Å². The van der Waals surface area contributed by atoms with Gasteiger partial charge in [0.05, 0.1) is 12.8 Å². The summed E-state index contributed by atoms with van der Waals surface area (Å²) in [6.07, 6.45) is 0. The van der Waals surface area contributed by atoms with Gasteiger partial charge in [0.2, 0.25) is 5.88 Å². The number of methoxy groups -OCH3 is 1. The Bertz CT molecular complexity index is 520. The third kappa shape index (κ3) is 2.13. The van der Waals surface area contributed by atoms with Crippen molar-refractivity contribution >= 4 is 5.91 Å². The van der Waals surface area contributed by atoms with Crippen LogP contribution in [0.3, 0.4) is 0 Å². The molecule has 0 aliphatic carbocycles. The van der Waals surface area contributed by atoms with E-state index in [0.29, 0.717) is 11.6 Å². The largest absolute Gasteiger partial charge is 0.481 e. The minimum atomic E-state index is -0.238. The van der Waals surface area contributed by atoms with E-state index in [1.807, 2.05) is 30.3 Å². The first-order valence-corrected chi connectivity index (χ1v) is 5.18. The van der Waals surface area contributed by atoms with Gasteiger partial charge in [-0.2, -0.15) is 5.10 Å². The molecule has 0 fully saturated rings. The number of amides is 1. The molecule has 1 aromatic carbocycles. The Labute approximate surface area is 99.0 Å². The van der Waals surface area contributed by atoms with Gasteiger partial charge in [-0.1, -0.05) is 18.2 Å². The van der Waals surface area contributed by atoms with E-state index in [-0.39, 0.29) is 5.91 Å². The topological polar surface area (TPSA) is 56.1 Å². The third-order valence-electron chi connectivity index (χ3n) is 2.35. The van der Waals surface area contributed by atoms with Crippen molar-refractivity contribution in [3.8, 4) is 11.6 Å². The van der Waals surface area contributed by atoms with Crippen molar-refractivity contribution in [2.24, 2.45) is 0 Å². The molecular formula is C12H13N3O2. The number of hydrogen-bond donors (Lipinski definition) is 1. The van der Waals surface area contributed by atoms with Gasteiger partial charge in [0.15, 0.2) is 5.69 Å². The first-order valence-electron chi connectivity index (χ1n) is 5.18. The van der Waals surface area contributed by atoms with E-state index in [0.717, 1.165) is 5.69 Å². The number of ether oxygens (including phenoxy) is 1. The molecule has 17 heavy (non-hydrogen) atoms. The maximum atomic E-state index is 11.5. The monoisotopic (exact) mass is 231 g/mol. The van der Waals surface area contributed by atoms with Gasteiger partial charge < -0.3 is 10.1 Å². The lowest BCUT2D eigenvalue weighted by Crippen LogP contribution is -2.18. The van der Waals surface area contributed by atoms with Crippen LogP contribution in [-0.2, 0) is 0 Å². The molecule has 0 bridgehead atoms.